The highest BCUT2D eigenvalue weighted by molar-refractivity contribution is 9.10. The molecule has 6 heteroatoms. The molecule has 0 saturated carbocycles. The fourth-order valence-corrected chi connectivity index (χ4v) is 3.48. The molecule has 23 heavy (non-hydrogen) atoms. The molecule has 0 spiro atoms. The minimum Gasteiger partial charge on any atom is -0.381 e. The van der Waals surface area contributed by atoms with E-state index in [9.17, 15) is 0 Å². The van der Waals surface area contributed by atoms with Gasteiger partial charge in [-0.15, -0.1) is 0 Å². The molecule has 0 bridgehead atoms. The molecule has 2 rings (SSSR count). The standard InChI is InChI=1S/C17H25BrClN3O/c1-20-17(21-12-14-3-4-15(18)11-16(14)19)22(2)8-5-13-6-9-23-10-7-13/h3-4,11,13H,5-10,12H2,1-2H3,(H,20,21). The Kier molecular flexibility index (Phi) is 7.66. The molecule has 1 aliphatic heterocycles. The first kappa shape index (κ1) is 18.6. The second-order valence-corrected chi connectivity index (χ2v) is 7.23. The first-order chi connectivity index (χ1) is 11.1. The number of benzene rings is 1. The maximum atomic E-state index is 6.26. The monoisotopic (exact) mass is 401 g/mol. The molecule has 0 atom stereocenters. The zero-order valence-corrected chi connectivity index (χ0v) is 16.2. The molecule has 0 radical (unpaired) electrons. The number of hydrogen-bond donors (Lipinski definition) is 1. The Balaban J connectivity index is 1.81. The minimum atomic E-state index is 0.667. The van der Waals surface area contributed by atoms with Gasteiger partial charge in [-0.3, -0.25) is 4.99 Å². The van der Waals surface area contributed by atoms with Crippen LogP contribution in [-0.4, -0.2) is 44.7 Å². The SMILES string of the molecule is CN=C(NCc1ccc(Br)cc1Cl)N(C)CCC1CCOCC1. The second kappa shape index (κ2) is 9.50. The Labute approximate surface area is 152 Å². The van der Waals surface area contributed by atoms with Gasteiger partial charge in [0, 0.05) is 49.9 Å². The third kappa shape index (κ3) is 5.98. The normalized spacial score (nSPS) is 16.4. The van der Waals surface area contributed by atoms with E-state index in [0.717, 1.165) is 46.7 Å². The number of halogens is 2. The number of nitrogens with one attached hydrogen (secondary N) is 1. The van der Waals surface area contributed by atoms with Crippen LogP contribution in [0.2, 0.25) is 5.02 Å². The molecular formula is C17H25BrClN3O. The van der Waals surface area contributed by atoms with Crippen LogP contribution in [0.1, 0.15) is 24.8 Å². The molecule has 1 aliphatic rings. The fourth-order valence-electron chi connectivity index (χ4n) is 2.74. The van der Waals surface area contributed by atoms with E-state index in [4.69, 9.17) is 16.3 Å². The Hall–Kier alpha value is -0.780. The molecule has 1 saturated heterocycles. The first-order valence-electron chi connectivity index (χ1n) is 8.03. The second-order valence-electron chi connectivity index (χ2n) is 5.90. The summed E-state index contributed by atoms with van der Waals surface area (Å²) in [5.41, 5.74) is 1.06. The van der Waals surface area contributed by atoms with Crippen molar-refractivity contribution in [2.24, 2.45) is 10.9 Å². The Morgan fingerprint density at radius 1 is 1.43 bits per heavy atom. The van der Waals surface area contributed by atoms with E-state index in [1.165, 1.54) is 19.3 Å². The van der Waals surface area contributed by atoms with Crippen molar-refractivity contribution in [1.82, 2.24) is 10.2 Å². The van der Waals surface area contributed by atoms with Gasteiger partial charge in [0.05, 0.1) is 0 Å². The zero-order chi connectivity index (χ0) is 16.7. The maximum Gasteiger partial charge on any atom is 0.193 e. The average molecular weight is 403 g/mol. The summed E-state index contributed by atoms with van der Waals surface area (Å²) in [6, 6.07) is 5.94. The van der Waals surface area contributed by atoms with Crippen molar-refractivity contribution >= 4 is 33.5 Å². The zero-order valence-electron chi connectivity index (χ0n) is 13.8. The van der Waals surface area contributed by atoms with Gasteiger partial charge in [0.15, 0.2) is 5.96 Å². The Morgan fingerprint density at radius 3 is 2.83 bits per heavy atom. The van der Waals surface area contributed by atoms with Gasteiger partial charge in [0.25, 0.3) is 0 Å². The van der Waals surface area contributed by atoms with Gasteiger partial charge >= 0.3 is 0 Å². The third-order valence-corrected chi connectivity index (χ3v) is 5.08. The van der Waals surface area contributed by atoms with Crippen molar-refractivity contribution in [3.63, 3.8) is 0 Å². The van der Waals surface area contributed by atoms with Gasteiger partial charge < -0.3 is 15.0 Å². The Morgan fingerprint density at radius 2 is 2.17 bits per heavy atom. The van der Waals surface area contributed by atoms with Gasteiger partial charge in [0.2, 0.25) is 0 Å². The summed E-state index contributed by atoms with van der Waals surface area (Å²) < 4.78 is 6.41. The number of hydrogen-bond acceptors (Lipinski definition) is 2. The predicted molar refractivity (Wildman–Crippen MR) is 100 cm³/mol. The van der Waals surface area contributed by atoms with Gasteiger partial charge in [-0.05, 0) is 42.9 Å². The largest absolute Gasteiger partial charge is 0.381 e. The lowest BCUT2D eigenvalue weighted by Crippen LogP contribution is -2.39. The van der Waals surface area contributed by atoms with Crippen LogP contribution in [0.15, 0.2) is 27.7 Å². The lowest BCUT2D eigenvalue weighted by Gasteiger charge is -2.27. The molecule has 128 valence electrons. The van der Waals surface area contributed by atoms with Crippen molar-refractivity contribution in [2.75, 3.05) is 33.9 Å². The van der Waals surface area contributed by atoms with E-state index in [2.05, 4.69) is 38.2 Å². The van der Waals surface area contributed by atoms with Gasteiger partial charge in [0.1, 0.15) is 0 Å². The molecule has 4 nitrogen and oxygen atoms in total. The van der Waals surface area contributed by atoms with Crippen molar-refractivity contribution in [3.8, 4) is 0 Å². The van der Waals surface area contributed by atoms with Crippen LogP contribution >= 0.6 is 27.5 Å². The van der Waals surface area contributed by atoms with Gasteiger partial charge in [-0.2, -0.15) is 0 Å². The summed E-state index contributed by atoms with van der Waals surface area (Å²) >= 11 is 9.69. The first-order valence-corrected chi connectivity index (χ1v) is 9.20. The van der Waals surface area contributed by atoms with E-state index < -0.39 is 0 Å². The summed E-state index contributed by atoms with van der Waals surface area (Å²) in [5.74, 6) is 1.67. The number of ether oxygens (including phenoxy) is 1. The highest BCUT2D eigenvalue weighted by Gasteiger charge is 2.15. The molecule has 1 heterocycles. The lowest BCUT2D eigenvalue weighted by atomic mass is 9.96. The summed E-state index contributed by atoms with van der Waals surface area (Å²) in [7, 11) is 3.90. The van der Waals surface area contributed by atoms with E-state index in [-0.39, 0.29) is 0 Å². The molecule has 1 aromatic carbocycles. The van der Waals surface area contributed by atoms with E-state index in [1.807, 2.05) is 25.2 Å². The molecule has 1 aromatic rings. The number of aliphatic imine (C=N–C) groups is 1. The van der Waals surface area contributed by atoms with Crippen molar-refractivity contribution in [1.29, 1.82) is 0 Å². The van der Waals surface area contributed by atoms with Crippen molar-refractivity contribution in [3.05, 3.63) is 33.3 Å². The summed E-state index contributed by atoms with van der Waals surface area (Å²) in [6.45, 7) is 3.48. The molecule has 1 N–H and O–H groups in total. The highest BCUT2D eigenvalue weighted by Crippen LogP contribution is 2.21. The number of rotatable bonds is 5. The molecule has 0 amide bonds. The lowest BCUT2D eigenvalue weighted by molar-refractivity contribution is 0.0625. The molecule has 1 fully saturated rings. The smallest absolute Gasteiger partial charge is 0.193 e. The fraction of sp³-hybridized carbons (Fsp3) is 0.588. The molecule has 0 aliphatic carbocycles. The highest BCUT2D eigenvalue weighted by atomic mass is 79.9. The number of guanidine groups is 1. The van der Waals surface area contributed by atoms with Crippen molar-refractivity contribution < 1.29 is 4.74 Å². The average Bonchev–Trinajstić information content (AvgIpc) is 2.56. The van der Waals surface area contributed by atoms with Crippen LogP contribution in [0.25, 0.3) is 0 Å². The van der Waals surface area contributed by atoms with Crippen LogP contribution in [0.3, 0.4) is 0 Å². The van der Waals surface area contributed by atoms with Gasteiger partial charge in [-0.25, -0.2) is 0 Å². The molecule has 0 unspecified atom stereocenters. The van der Waals surface area contributed by atoms with Gasteiger partial charge in [-0.1, -0.05) is 33.6 Å². The molecular weight excluding hydrogens is 378 g/mol. The van der Waals surface area contributed by atoms with E-state index in [0.29, 0.717) is 6.54 Å². The third-order valence-electron chi connectivity index (χ3n) is 4.24. The summed E-state index contributed by atoms with van der Waals surface area (Å²) in [4.78, 5) is 6.55. The Bertz CT molecular complexity index is 533. The predicted octanol–water partition coefficient (Wildman–Crippen LogP) is 3.93. The topological polar surface area (TPSA) is 36.9 Å². The van der Waals surface area contributed by atoms with Crippen LogP contribution in [0.4, 0.5) is 0 Å². The van der Waals surface area contributed by atoms with Crippen LogP contribution in [-0.2, 0) is 11.3 Å². The van der Waals surface area contributed by atoms with Crippen LogP contribution in [0.5, 0.6) is 0 Å². The molecule has 0 aromatic heterocycles. The number of nitrogens with zero attached hydrogens (tertiary/aromatic N) is 2. The van der Waals surface area contributed by atoms with Crippen LogP contribution in [0, 0.1) is 5.92 Å². The van der Waals surface area contributed by atoms with E-state index >= 15 is 0 Å². The van der Waals surface area contributed by atoms with Crippen LogP contribution < -0.4 is 5.32 Å². The summed E-state index contributed by atoms with van der Waals surface area (Å²) in [6.07, 6.45) is 3.53. The quantitative estimate of drug-likeness (QED) is 0.599. The maximum absolute atomic E-state index is 6.26. The minimum absolute atomic E-state index is 0.667. The summed E-state index contributed by atoms with van der Waals surface area (Å²) in [5, 5.41) is 4.14. The van der Waals surface area contributed by atoms with Crippen molar-refractivity contribution in [2.45, 2.75) is 25.8 Å². The van der Waals surface area contributed by atoms with E-state index in [1.54, 1.807) is 0 Å².